The van der Waals surface area contributed by atoms with E-state index in [0.29, 0.717) is 17.5 Å². The summed E-state index contributed by atoms with van der Waals surface area (Å²) in [6.45, 7) is 0. The average Bonchev–Trinajstić information content (AvgIpc) is 3.73. The van der Waals surface area contributed by atoms with Crippen molar-refractivity contribution in [2.75, 3.05) is 0 Å². The molecule has 0 N–H and O–H groups in total. The first-order valence-corrected chi connectivity index (χ1v) is 21.4. The Morgan fingerprint density at radius 2 is 0.738 bits per heavy atom. The Morgan fingerprint density at radius 1 is 0.279 bits per heavy atom. The van der Waals surface area contributed by atoms with Crippen LogP contribution in [0.5, 0.6) is 0 Å². The lowest BCUT2D eigenvalue weighted by atomic mass is 9.94. The molecule has 0 aliphatic carbocycles. The predicted molar refractivity (Wildman–Crippen MR) is 258 cm³/mol. The van der Waals surface area contributed by atoms with Crippen LogP contribution >= 0.6 is 11.3 Å². The van der Waals surface area contributed by atoms with Crippen molar-refractivity contribution in [2.45, 2.75) is 0 Å². The van der Waals surface area contributed by atoms with Crippen molar-refractivity contribution in [1.82, 2.24) is 15.0 Å². The van der Waals surface area contributed by atoms with E-state index in [1.54, 1.807) is 0 Å². The molecular weight excluding hydrogens is 759 g/mol. The van der Waals surface area contributed by atoms with E-state index in [1.807, 2.05) is 29.5 Å². The van der Waals surface area contributed by atoms with Gasteiger partial charge < -0.3 is 0 Å². The Kier molecular flexibility index (Phi) is 8.36. The molecule has 0 aliphatic rings. The van der Waals surface area contributed by atoms with Crippen molar-refractivity contribution in [3.8, 4) is 67.5 Å². The first kappa shape index (κ1) is 35.2. The third-order valence-electron chi connectivity index (χ3n) is 12.0. The summed E-state index contributed by atoms with van der Waals surface area (Å²) in [5.41, 5.74) is 10.2. The Morgan fingerprint density at radius 3 is 1.48 bits per heavy atom. The molecular formula is C57H35N3S. The molecule has 0 atom stereocenters. The summed E-state index contributed by atoms with van der Waals surface area (Å²) < 4.78 is 2.47. The average molecular weight is 794 g/mol. The molecule has 12 aromatic rings. The predicted octanol–water partition coefficient (Wildman–Crippen LogP) is 15.7. The molecule has 0 bridgehead atoms. The minimum atomic E-state index is 0.645. The Labute approximate surface area is 356 Å². The van der Waals surface area contributed by atoms with Gasteiger partial charge in [-0.2, -0.15) is 0 Å². The van der Waals surface area contributed by atoms with Crippen LogP contribution in [0.25, 0.3) is 120 Å². The van der Waals surface area contributed by atoms with Crippen LogP contribution < -0.4 is 0 Å². The summed E-state index contributed by atoms with van der Waals surface area (Å²) in [5.74, 6) is 1.95. The SMILES string of the molecule is c1ccc(-c2nc(-c3ccc(-c4ccccc4)c4ccccc34)nc(-c3cc4sc5c(-c6ccc(-c7cccc8ccccc78)cc6)cccc5c4c4ccccc34)n2)cc1. The lowest BCUT2D eigenvalue weighted by Gasteiger charge is -2.14. The van der Waals surface area contributed by atoms with Crippen LogP contribution in [0.3, 0.4) is 0 Å². The van der Waals surface area contributed by atoms with Gasteiger partial charge in [-0.25, -0.2) is 15.0 Å². The Bertz CT molecular complexity index is 3630. The molecule has 2 aromatic heterocycles. The normalized spacial score (nSPS) is 11.6. The summed E-state index contributed by atoms with van der Waals surface area (Å²) in [6.07, 6.45) is 0. The molecule has 61 heavy (non-hydrogen) atoms. The number of rotatable bonds is 6. The highest BCUT2D eigenvalue weighted by Gasteiger charge is 2.20. The topological polar surface area (TPSA) is 38.7 Å². The number of aromatic nitrogens is 3. The zero-order chi connectivity index (χ0) is 40.3. The molecule has 0 saturated heterocycles. The molecule has 10 aromatic carbocycles. The van der Waals surface area contributed by atoms with E-state index in [4.69, 9.17) is 15.0 Å². The monoisotopic (exact) mass is 793 g/mol. The van der Waals surface area contributed by atoms with Gasteiger partial charge in [0.2, 0.25) is 0 Å². The molecule has 12 rings (SSSR count). The summed E-state index contributed by atoms with van der Waals surface area (Å²) in [5, 5.41) is 9.58. The van der Waals surface area contributed by atoms with Gasteiger partial charge in [0, 0.05) is 36.9 Å². The van der Waals surface area contributed by atoms with Crippen molar-refractivity contribution in [3.05, 3.63) is 212 Å². The zero-order valence-corrected chi connectivity index (χ0v) is 33.8. The van der Waals surface area contributed by atoms with E-state index in [1.165, 1.54) is 69.7 Å². The van der Waals surface area contributed by atoms with Crippen molar-refractivity contribution >= 4 is 63.8 Å². The Balaban J connectivity index is 1.04. The van der Waals surface area contributed by atoms with Gasteiger partial charge in [0.1, 0.15) is 0 Å². The van der Waals surface area contributed by atoms with Crippen molar-refractivity contribution in [2.24, 2.45) is 0 Å². The molecule has 0 aliphatic heterocycles. The van der Waals surface area contributed by atoms with E-state index in [2.05, 4.69) is 194 Å². The molecule has 0 spiro atoms. The van der Waals surface area contributed by atoms with Crippen molar-refractivity contribution < 1.29 is 0 Å². The highest BCUT2D eigenvalue weighted by atomic mass is 32.1. The van der Waals surface area contributed by atoms with Gasteiger partial charge in [0.05, 0.1) is 0 Å². The second-order valence-corrected chi connectivity index (χ2v) is 16.5. The van der Waals surface area contributed by atoms with E-state index < -0.39 is 0 Å². The van der Waals surface area contributed by atoms with Gasteiger partial charge in [0.15, 0.2) is 17.5 Å². The lowest BCUT2D eigenvalue weighted by Crippen LogP contribution is -2.01. The lowest BCUT2D eigenvalue weighted by molar-refractivity contribution is 1.08. The van der Waals surface area contributed by atoms with Gasteiger partial charge in [0.25, 0.3) is 0 Å². The molecule has 0 unspecified atom stereocenters. The van der Waals surface area contributed by atoms with Gasteiger partial charge in [-0.15, -0.1) is 11.3 Å². The first-order valence-electron chi connectivity index (χ1n) is 20.6. The third-order valence-corrected chi connectivity index (χ3v) is 13.1. The molecule has 0 amide bonds. The molecule has 0 fully saturated rings. The summed E-state index contributed by atoms with van der Waals surface area (Å²) in [7, 11) is 0. The maximum atomic E-state index is 5.36. The van der Waals surface area contributed by atoms with Crippen LogP contribution in [0.1, 0.15) is 0 Å². The van der Waals surface area contributed by atoms with Crippen LogP contribution in [0.4, 0.5) is 0 Å². The van der Waals surface area contributed by atoms with Gasteiger partial charge in [-0.05, 0) is 77.8 Å². The molecule has 2 heterocycles. The molecule has 3 nitrogen and oxygen atoms in total. The molecule has 4 heteroatoms. The summed E-state index contributed by atoms with van der Waals surface area (Å²) >= 11 is 1.84. The number of thiophene rings is 1. The highest BCUT2D eigenvalue weighted by Crippen LogP contribution is 2.46. The number of hydrogen-bond donors (Lipinski definition) is 0. The number of fused-ring (bicyclic) bond motifs is 7. The van der Waals surface area contributed by atoms with Crippen LogP contribution in [0.15, 0.2) is 212 Å². The minimum absolute atomic E-state index is 0.645. The van der Waals surface area contributed by atoms with E-state index in [9.17, 15) is 0 Å². The first-order chi connectivity index (χ1) is 30.2. The van der Waals surface area contributed by atoms with Crippen molar-refractivity contribution in [3.63, 3.8) is 0 Å². The molecule has 0 radical (unpaired) electrons. The fourth-order valence-electron chi connectivity index (χ4n) is 9.08. The molecule has 0 saturated carbocycles. The quantitative estimate of drug-likeness (QED) is 0.168. The van der Waals surface area contributed by atoms with E-state index in [0.717, 1.165) is 32.8 Å². The number of nitrogens with zero attached hydrogens (tertiary/aromatic N) is 3. The Hall–Kier alpha value is -7.79. The summed E-state index contributed by atoms with van der Waals surface area (Å²) in [6, 6.07) is 75.7. The standard InChI is InChI=1S/C57H35N3S/c1-3-15-36(16-4-1)43-33-34-49(46-23-10-9-22-45(43)46)56-58-55(40-18-5-2-6-19-40)59-57(60-56)51-35-52-53(48-25-12-11-24-47(48)51)50-28-14-27-44(54(50)61-52)39-31-29-38(30-32-39)42-26-13-20-37-17-7-8-21-41(37)42/h1-35H. The second kappa shape index (κ2) is 14.5. The van der Waals surface area contributed by atoms with E-state index in [-0.39, 0.29) is 0 Å². The largest absolute Gasteiger partial charge is 0.208 e. The van der Waals surface area contributed by atoms with Gasteiger partial charge in [-0.3, -0.25) is 0 Å². The van der Waals surface area contributed by atoms with Crippen molar-refractivity contribution in [1.29, 1.82) is 0 Å². The van der Waals surface area contributed by atoms with Crippen LogP contribution in [-0.2, 0) is 0 Å². The zero-order valence-electron chi connectivity index (χ0n) is 33.0. The number of benzene rings is 10. The number of hydrogen-bond acceptors (Lipinski definition) is 4. The highest BCUT2D eigenvalue weighted by molar-refractivity contribution is 7.26. The summed E-state index contributed by atoms with van der Waals surface area (Å²) in [4.78, 5) is 15.8. The van der Waals surface area contributed by atoms with Gasteiger partial charge >= 0.3 is 0 Å². The third kappa shape index (κ3) is 5.99. The maximum absolute atomic E-state index is 5.36. The fourth-order valence-corrected chi connectivity index (χ4v) is 10.4. The smallest absolute Gasteiger partial charge is 0.164 e. The van der Waals surface area contributed by atoms with E-state index >= 15 is 0 Å². The second-order valence-electron chi connectivity index (χ2n) is 15.5. The van der Waals surface area contributed by atoms with Crippen LogP contribution in [-0.4, -0.2) is 15.0 Å². The minimum Gasteiger partial charge on any atom is -0.208 e. The molecule has 284 valence electrons. The van der Waals surface area contributed by atoms with Crippen LogP contribution in [0, 0.1) is 0 Å². The maximum Gasteiger partial charge on any atom is 0.164 e. The van der Waals surface area contributed by atoms with Crippen LogP contribution in [0.2, 0.25) is 0 Å². The van der Waals surface area contributed by atoms with Gasteiger partial charge in [-0.1, -0.05) is 200 Å². The fraction of sp³-hybridized carbons (Fsp3) is 0.